The van der Waals surface area contributed by atoms with Crippen molar-refractivity contribution in [3.05, 3.63) is 41.7 Å². The van der Waals surface area contributed by atoms with Gasteiger partial charge in [-0.3, -0.25) is 4.68 Å². The van der Waals surface area contributed by atoms with Gasteiger partial charge in [0.2, 0.25) is 0 Å². The lowest BCUT2D eigenvalue weighted by atomic mass is 10.1. The van der Waals surface area contributed by atoms with Gasteiger partial charge in [-0.05, 0) is 19.9 Å². The first-order valence-corrected chi connectivity index (χ1v) is 4.55. The first-order valence-electron chi connectivity index (χ1n) is 4.55. The van der Waals surface area contributed by atoms with E-state index in [9.17, 15) is 0 Å². The van der Waals surface area contributed by atoms with Gasteiger partial charge in [0.25, 0.3) is 0 Å². The van der Waals surface area contributed by atoms with Crippen LogP contribution in [0.3, 0.4) is 0 Å². The Kier molecular flexibility index (Phi) is 2.00. The lowest BCUT2D eigenvalue weighted by Crippen LogP contribution is -2.08. The van der Waals surface area contributed by atoms with Crippen molar-refractivity contribution in [2.75, 3.05) is 5.84 Å². The van der Waals surface area contributed by atoms with Crippen LogP contribution in [0.4, 0.5) is 0 Å². The second-order valence-electron chi connectivity index (χ2n) is 3.48. The minimum Gasteiger partial charge on any atom is -0.338 e. The predicted molar refractivity (Wildman–Crippen MR) is 57.3 cm³/mol. The third-order valence-corrected chi connectivity index (χ3v) is 2.13. The molecule has 2 aromatic rings. The lowest BCUT2D eigenvalue weighted by Gasteiger charge is -2.01. The van der Waals surface area contributed by atoms with Gasteiger partial charge in [-0.2, -0.15) is 0 Å². The van der Waals surface area contributed by atoms with Crippen LogP contribution in [0.2, 0.25) is 0 Å². The topological polar surface area (TPSA) is 43.8 Å². The molecule has 1 heterocycles. The first kappa shape index (κ1) is 8.81. The SMILES string of the molecule is Cc1cccc(-c2nc(C)cn2N)c1. The van der Waals surface area contributed by atoms with Gasteiger partial charge in [-0.1, -0.05) is 23.8 Å². The molecule has 0 saturated carbocycles. The molecule has 2 N–H and O–H groups in total. The zero-order chi connectivity index (χ0) is 10.1. The van der Waals surface area contributed by atoms with E-state index < -0.39 is 0 Å². The quantitative estimate of drug-likeness (QED) is 0.693. The van der Waals surface area contributed by atoms with Crippen molar-refractivity contribution in [3.8, 4) is 11.4 Å². The van der Waals surface area contributed by atoms with E-state index in [2.05, 4.69) is 24.0 Å². The van der Waals surface area contributed by atoms with Crippen molar-refractivity contribution < 1.29 is 0 Å². The number of hydrogen-bond acceptors (Lipinski definition) is 2. The number of benzene rings is 1. The van der Waals surface area contributed by atoms with Gasteiger partial charge >= 0.3 is 0 Å². The summed E-state index contributed by atoms with van der Waals surface area (Å²) in [4.78, 5) is 4.36. The number of nitrogens with zero attached hydrogens (tertiary/aromatic N) is 2. The fourth-order valence-corrected chi connectivity index (χ4v) is 1.51. The summed E-state index contributed by atoms with van der Waals surface area (Å²) in [5, 5.41) is 0. The van der Waals surface area contributed by atoms with Crippen LogP contribution in [0, 0.1) is 13.8 Å². The molecule has 72 valence electrons. The normalized spacial score (nSPS) is 10.4. The number of aryl methyl sites for hydroxylation is 2. The van der Waals surface area contributed by atoms with E-state index in [0.717, 1.165) is 17.1 Å². The molecule has 1 aromatic carbocycles. The summed E-state index contributed by atoms with van der Waals surface area (Å²) in [7, 11) is 0. The summed E-state index contributed by atoms with van der Waals surface area (Å²) in [6, 6.07) is 8.15. The molecule has 0 saturated heterocycles. The fraction of sp³-hybridized carbons (Fsp3) is 0.182. The number of imidazole rings is 1. The summed E-state index contributed by atoms with van der Waals surface area (Å²) in [6.07, 6.45) is 1.82. The van der Waals surface area contributed by atoms with Crippen LogP contribution >= 0.6 is 0 Å². The highest BCUT2D eigenvalue weighted by atomic mass is 15.3. The number of nitrogen functional groups attached to an aromatic ring is 1. The van der Waals surface area contributed by atoms with Crippen LogP contribution in [0.25, 0.3) is 11.4 Å². The Morgan fingerprint density at radius 3 is 2.64 bits per heavy atom. The fourth-order valence-electron chi connectivity index (χ4n) is 1.51. The third kappa shape index (κ3) is 1.48. The second kappa shape index (κ2) is 3.18. The molecule has 0 fully saturated rings. The van der Waals surface area contributed by atoms with Crippen molar-refractivity contribution in [2.24, 2.45) is 0 Å². The monoisotopic (exact) mass is 187 g/mol. The smallest absolute Gasteiger partial charge is 0.158 e. The van der Waals surface area contributed by atoms with Gasteiger partial charge in [-0.15, -0.1) is 0 Å². The Balaban J connectivity index is 2.54. The molecule has 0 radical (unpaired) electrons. The number of aromatic nitrogens is 2. The molecule has 3 heteroatoms. The van der Waals surface area contributed by atoms with Gasteiger partial charge in [0.15, 0.2) is 5.82 Å². The molecule has 0 aliphatic rings. The number of nitrogens with two attached hydrogens (primary N) is 1. The molecule has 0 amide bonds. The van der Waals surface area contributed by atoms with Crippen LogP contribution in [0.5, 0.6) is 0 Å². The molecule has 0 aliphatic heterocycles. The van der Waals surface area contributed by atoms with Crippen LogP contribution in [0.1, 0.15) is 11.3 Å². The summed E-state index contributed by atoms with van der Waals surface area (Å²) in [5.41, 5.74) is 3.20. The average molecular weight is 187 g/mol. The Hall–Kier alpha value is -1.77. The summed E-state index contributed by atoms with van der Waals surface area (Å²) < 4.78 is 1.56. The summed E-state index contributed by atoms with van der Waals surface area (Å²) in [5.74, 6) is 6.59. The molecule has 0 bridgehead atoms. The van der Waals surface area contributed by atoms with E-state index in [0.29, 0.717) is 0 Å². The Morgan fingerprint density at radius 2 is 2.07 bits per heavy atom. The highest BCUT2D eigenvalue weighted by Crippen LogP contribution is 2.17. The second-order valence-corrected chi connectivity index (χ2v) is 3.48. The van der Waals surface area contributed by atoms with Gasteiger partial charge in [0.05, 0.1) is 5.69 Å². The van der Waals surface area contributed by atoms with E-state index >= 15 is 0 Å². The molecule has 0 aliphatic carbocycles. The maximum atomic E-state index is 5.78. The highest BCUT2D eigenvalue weighted by Gasteiger charge is 2.05. The van der Waals surface area contributed by atoms with Gasteiger partial charge < -0.3 is 5.84 Å². The zero-order valence-corrected chi connectivity index (χ0v) is 8.36. The van der Waals surface area contributed by atoms with Gasteiger partial charge in [0, 0.05) is 11.8 Å². The summed E-state index contributed by atoms with van der Waals surface area (Å²) >= 11 is 0. The van der Waals surface area contributed by atoms with Crippen molar-refractivity contribution in [3.63, 3.8) is 0 Å². The predicted octanol–water partition coefficient (Wildman–Crippen LogP) is 1.88. The first-order chi connectivity index (χ1) is 6.66. The maximum absolute atomic E-state index is 5.78. The largest absolute Gasteiger partial charge is 0.338 e. The van der Waals surface area contributed by atoms with E-state index in [1.807, 2.05) is 25.3 Å². The number of hydrogen-bond donors (Lipinski definition) is 1. The molecule has 2 rings (SSSR count). The third-order valence-electron chi connectivity index (χ3n) is 2.13. The maximum Gasteiger partial charge on any atom is 0.158 e. The van der Waals surface area contributed by atoms with Crippen LogP contribution in [-0.2, 0) is 0 Å². The minimum atomic E-state index is 0.811. The molecule has 3 nitrogen and oxygen atoms in total. The molecule has 0 atom stereocenters. The molecular weight excluding hydrogens is 174 g/mol. The van der Waals surface area contributed by atoms with Crippen LogP contribution < -0.4 is 5.84 Å². The number of rotatable bonds is 1. The lowest BCUT2D eigenvalue weighted by molar-refractivity contribution is 1.01. The minimum absolute atomic E-state index is 0.811. The van der Waals surface area contributed by atoms with Crippen molar-refractivity contribution >= 4 is 0 Å². The van der Waals surface area contributed by atoms with Crippen molar-refractivity contribution in [1.82, 2.24) is 9.66 Å². The van der Waals surface area contributed by atoms with E-state index in [-0.39, 0.29) is 0 Å². The van der Waals surface area contributed by atoms with Crippen molar-refractivity contribution in [2.45, 2.75) is 13.8 Å². The van der Waals surface area contributed by atoms with E-state index in [1.54, 1.807) is 4.68 Å². The molecule has 1 aromatic heterocycles. The molecular formula is C11H13N3. The van der Waals surface area contributed by atoms with E-state index in [4.69, 9.17) is 5.84 Å². The Morgan fingerprint density at radius 1 is 1.29 bits per heavy atom. The van der Waals surface area contributed by atoms with E-state index in [1.165, 1.54) is 5.56 Å². The van der Waals surface area contributed by atoms with Gasteiger partial charge in [-0.25, -0.2) is 4.98 Å². The average Bonchev–Trinajstić information content (AvgIpc) is 2.45. The summed E-state index contributed by atoms with van der Waals surface area (Å²) in [6.45, 7) is 3.99. The Bertz CT molecular complexity index is 457. The van der Waals surface area contributed by atoms with Crippen LogP contribution in [-0.4, -0.2) is 9.66 Å². The van der Waals surface area contributed by atoms with Crippen molar-refractivity contribution in [1.29, 1.82) is 0 Å². The van der Waals surface area contributed by atoms with Crippen LogP contribution in [0.15, 0.2) is 30.5 Å². The zero-order valence-electron chi connectivity index (χ0n) is 8.36. The molecule has 14 heavy (non-hydrogen) atoms. The standard InChI is InChI=1S/C11H13N3/c1-8-4-3-5-10(6-8)11-13-9(2)7-14(11)12/h3-7H,12H2,1-2H3. The highest BCUT2D eigenvalue weighted by molar-refractivity contribution is 5.57. The Labute approximate surface area is 83.2 Å². The molecule has 0 spiro atoms. The van der Waals surface area contributed by atoms with Gasteiger partial charge in [0.1, 0.15) is 0 Å². The molecule has 0 unspecified atom stereocenters.